The first-order valence-electron chi connectivity index (χ1n) is 10.7. The minimum atomic E-state index is -0.467. The summed E-state index contributed by atoms with van der Waals surface area (Å²) in [6, 6.07) is 9.18. The Labute approximate surface area is 205 Å². The number of phenolic OH excluding ortho intramolecular Hbond substituents is 1. The molecule has 180 valence electrons. The molecule has 0 fully saturated rings. The fourth-order valence-corrected chi connectivity index (χ4v) is 4.17. The lowest BCUT2D eigenvalue weighted by molar-refractivity contribution is -0.123. The molecular formula is C25H32Cl2N2O4. The van der Waals surface area contributed by atoms with Crippen LogP contribution in [0.3, 0.4) is 0 Å². The van der Waals surface area contributed by atoms with Crippen LogP contribution in [0.1, 0.15) is 59.1 Å². The summed E-state index contributed by atoms with van der Waals surface area (Å²) in [5, 5.41) is 14.4. The van der Waals surface area contributed by atoms with Crippen LogP contribution >= 0.6 is 23.2 Å². The zero-order valence-electron chi connectivity index (χ0n) is 20.0. The van der Waals surface area contributed by atoms with Gasteiger partial charge >= 0.3 is 0 Å². The highest BCUT2D eigenvalue weighted by atomic mass is 35.5. The van der Waals surface area contributed by atoms with Crippen molar-refractivity contribution in [3.05, 3.63) is 51.5 Å². The smallest absolute Gasteiger partial charge is 0.277 e. The number of phenols is 1. The predicted molar refractivity (Wildman–Crippen MR) is 134 cm³/mol. The fraction of sp³-hybridized carbons (Fsp3) is 0.440. The van der Waals surface area contributed by atoms with E-state index in [0.29, 0.717) is 12.4 Å². The van der Waals surface area contributed by atoms with Crippen molar-refractivity contribution in [3.63, 3.8) is 0 Å². The Morgan fingerprint density at radius 1 is 1.12 bits per heavy atom. The van der Waals surface area contributed by atoms with E-state index in [4.69, 9.17) is 32.7 Å². The first kappa shape index (κ1) is 26.8. The van der Waals surface area contributed by atoms with Crippen LogP contribution < -0.4 is 14.9 Å². The maximum Gasteiger partial charge on any atom is 0.277 e. The first-order valence-corrected chi connectivity index (χ1v) is 11.5. The zero-order chi connectivity index (χ0) is 24.8. The van der Waals surface area contributed by atoms with Crippen molar-refractivity contribution in [3.8, 4) is 17.2 Å². The highest BCUT2D eigenvalue weighted by molar-refractivity contribution is 6.43. The van der Waals surface area contributed by atoms with Gasteiger partial charge in [0.2, 0.25) is 0 Å². The SMILES string of the molecule is CCOc1cc(Cl)c(Cl)c(C=NNC(=O)COc2ccc(C(C)(C)CC(C)(C)C)cc2)c1O. The molecule has 0 bridgehead atoms. The van der Waals surface area contributed by atoms with Gasteiger partial charge in [-0.05, 0) is 41.9 Å². The van der Waals surface area contributed by atoms with Crippen molar-refractivity contribution in [1.82, 2.24) is 5.43 Å². The molecule has 0 unspecified atom stereocenters. The molecule has 33 heavy (non-hydrogen) atoms. The van der Waals surface area contributed by atoms with Crippen molar-refractivity contribution in [2.45, 2.75) is 53.4 Å². The Balaban J connectivity index is 1.96. The maximum atomic E-state index is 12.1. The van der Waals surface area contributed by atoms with Crippen LogP contribution in [0.4, 0.5) is 0 Å². The maximum absolute atomic E-state index is 12.1. The lowest BCUT2D eigenvalue weighted by atomic mass is 9.72. The number of rotatable bonds is 9. The largest absolute Gasteiger partial charge is 0.504 e. The van der Waals surface area contributed by atoms with Crippen LogP contribution in [0.15, 0.2) is 35.4 Å². The molecule has 0 saturated carbocycles. The summed E-state index contributed by atoms with van der Waals surface area (Å²) in [5.74, 6) is 0.0829. The van der Waals surface area contributed by atoms with Crippen LogP contribution in [-0.2, 0) is 10.2 Å². The molecule has 0 radical (unpaired) electrons. The second-order valence-corrected chi connectivity index (χ2v) is 10.4. The van der Waals surface area contributed by atoms with Gasteiger partial charge in [-0.2, -0.15) is 5.10 Å². The van der Waals surface area contributed by atoms with Crippen molar-refractivity contribution in [2.24, 2.45) is 10.5 Å². The molecule has 2 rings (SSSR count). The van der Waals surface area contributed by atoms with Crippen molar-refractivity contribution in [2.75, 3.05) is 13.2 Å². The number of halogens is 2. The molecule has 0 saturated heterocycles. The summed E-state index contributed by atoms with van der Waals surface area (Å²) < 4.78 is 10.9. The summed E-state index contributed by atoms with van der Waals surface area (Å²) in [4.78, 5) is 12.1. The normalized spacial score (nSPS) is 12.1. The summed E-state index contributed by atoms with van der Waals surface area (Å²) in [5.41, 5.74) is 3.93. The van der Waals surface area contributed by atoms with E-state index < -0.39 is 5.91 Å². The van der Waals surface area contributed by atoms with Gasteiger partial charge in [0, 0.05) is 6.07 Å². The Morgan fingerprint density at radius 3 is 2.33 bits per heavy atom. The quantitative estimate of drug-likeness (QED) is 0.314. The van der Waals surface area contributed by atoms with E-state index in [9.17, 15) is 9.90 Å². The minimum absolute atomic E-state index is 0.0259. The van der Waals surface area contributed by atoms with Gasteiger partial charge in [0.05, 0.1) is 28.4 Å². The lowest BCUT2D eigenvalue weighted by Gasteiger charge is -2.33. The number of nitrogens with zero attached hydrogens (tertiary/aromatic N) is 1. The number of carbonyl (C=O) groups is 1. The lowest BCUT2D eigenvalue weighted by Crippen LogP contribution is -2.25. The van der Waals surface area contributed by atoms with E-state index in [0.717, 1.165) is 6.42 Å². The molecule has 0 heterocycles. The summed E-state index contributed by atoms with van der Waals surface area (Å²) >= 11 is 12.2. The van der Waals surface area contributed by atoms with Crippen molar-refractivity contribution in [1.29, 1.82) is 0 Å². The predicted octanol–water partition coefficient (Wildman–Crippen LogP) is 6.34. The molecule has 1 amide bonds. The topological polar surface area (TPSA) is 80.2 Å². The van der Waals surface area contributed by atoms with Crippen LogP contribution in [0.5, 0.6) is 17.2 Å². The van der Waals surface area contributed by atoms with Gasteiger partial charge in [0.1, 0.15) is 5.75 Å². The molecule has 2 aromatic rings. The molecule has 2 aromatic carbocycles. The third kappa shape index (κ3) is 7.83. The van der Waals surface area contributed by atoms with Crippen molar-refractivity contribution >= 4 is 35.3 Å². The molecule has 0 aliphatic heterocycles. The van der Waals surface area contributed by atoms with E-state index >= 15 is 0 Å². The summed E-state index contributed by atoms with van der Waals surface area (Å²) in [6.07, 6.45) is 2.24. The number of hydrogen-bond acceptors (Lipinski definition) is 5. The average Bonchev–Trinajstić information content (AvgIpc) is 2.71. The molecule has 0 spiro atoms. The van der Waals surface area contributed by atoms with Gasteiger partial charge < -0.3 is 14.6 Å². The molecule has 0 aliphatic carbocycles. The number of hydrazone groups is 1. The summed E-state index contributed by atoms with van der Waals surface area (Å²) in [6.45, 7) is 13.0. The Kier molecular flexibility index (Phi) is 9.04. The highest BCUT2D eigenvalue weighted by Crippen LogP contribution is 2.39. The second-order valence-electron chi connectivity index (χ2n) is 9.59. The highest BCUT2D eigenvalue weighted by Gasteiger charge is 2.27. The van der Waals surface area contributed by atoms with Gasteiger partial charge in [-0.25, -0.2) is 5.43 Å². The van der Waals surface area contributed by atoms with E-state index in [-0.39, 0.29) is 44.5 Å². The molecule has 2 N–H and O–H groups in total. The van der Waals surface area contributed by atoms with Gasteiger partial charge in [-0.15, -0.1) is 0 Å². The number of nitrogens with one attached hydrogen (secondary N) is 1. The fourth-order valence-electron chi connectivity index (χ4n) is 3.78. The van der Waals surface area contributed by atoms with Gasteiger partial charge in [0.25, 0.3) is 5.91 Å². The van der Waals surface area contributed by atoms with Crippen LogP contribution in [0.25, 0.3) is 0 Å². The Morgan fingerprint density at radius 2 is 1.76 bits per heavy atom. The Hall–Kier alpha value is -2.44. The minimum Gasteiger partial charge on any atom is -0.504 e. The summed E-state index contributed by atoms with van der Waals surface area (Å²) in [7, 11) is 0. The number of aromatic hydroxyl groups is 1. The van der Waals surface area contributed by atoms with Crippen molar-refractivity contribution < 1.29 is 19.4 Å². The molecule has 0 aliphatic rings. The van der Waals surface area contributed by atoms with Gasteiger partial charge in [-0.3, -0.25) is 4.79 Å². The van der Waals surface area contributed by atoms with Crippen LogP contribution in [0, 0.1) is 5.41 Å². The van der Waals surface area contributed by atoms with Crippen LogP contribution in [-0.4, -0.2) is 30.4 Å². The second kappa shape index (κ2) is 11.1. The standard InChI is InChI=1S/C25H32Cl2N2O4/c1-7-32-20-12-19(26)22(27)18(23(20)31)13-28-29-21(30)14-33-17-10-8-16(9-11-17)25(5,6)15-24(2,3)4/h8-13,31H,7,14-15H2,1-6H3,(H,29,30). The van der Waals surface area contributed by atoms with E-state index in [1.807, 2.05) is 24.3 Å². The van der Waals surface area contributed by atoms with E-state index in [1.54, 1.807) is 6.92 Å². The van der Waals surface area contributed by atoms with Gasteiger partial charge in [-0.1, -0.05) is 70.0 Å². The number of hydrogen-bond donors (Lipinski definition) is 2. The zero-order valence-corrected chi connectivity index (χ0v) is 21.5. The molecule has 6 nitrogen and oxygen atoms in total. The Bertz CT molecular complexity index is 997. The molecule has 0 atom stereocenters. The molecular weight excluding hydrogens is 463 g/mol. The third-order valence-electron chi connectivity index (χ3n) is 4.85. The number of carbonyl (C=O) groups excluding carboxylic acids is 1. The third-order valence-corrected chi connectivity index (χ3v) is 5.66. The number of amides is 1. The van der Waals surface area contributed by atoms with E-state index in [2.05, 4.69) is 45.1 Å². The first-order chi connectivity index (χ1) is 15.3. The van der Waals surface area contributed by atoms with Crippen LogP contribution in [0.2, 0.25) is 10.0 Å². The van der Waals surface area contributed by atoms with Gasteiger partial charge in [0.15, 0.2) is 18.1 Å². The average molecular weight is 495 g/mol. The number of benzene rings is 2. The van der Waals surface area contributed by atoms with E-state index in [1.165, 1.54) is 17.8 Å². The molecule has 0 aromatic heterocycles. The number of ether oxygens (including phenoxy) is 2. The molecule has 8 heteroatoms. The monoisotopic (exact) mass is 494 g/mol.